The third-order valence-electron chi connectivity index (χ3n) is 3.83. The van der Waals surface area contributed by atoms with Gasteiger partial charge in [-0.2, -0.15) is 0 Å². The Morgan fingerprint density at radius 1 is 1.29 bits per heavy atom. The maximum Gasteiger partial charge on any atom is 0.317 e. The Morgan fingerprint density at radius 3 is 2.48 bits per heavy atom. The second-order valence-corrected chi connectivity index (χ2v) is 5.26. The summed E-state index contributed by atoms with van der Waals surface area (Å²) in [5, 5.41) is 19.7. The minimum Gasteiger partial charge on any atom is -0.480 e. The number of nitro groups is 1. The number of nitrogens with zero attached hydrogens (tertiary/aromatic N) is 3. The predicted molar refractivity (Wildman–Crippen MR) is 77.2 cm³/mol. The van der Waals surface area contributed by atoms with Crippen molar-refractivity contribution in [3.05, 3.63) is 39.4 Å². The standard InChI is InChI=1S/C14H19N3O4/c1-11-12(3-2-4-13(11)17(20)21)9-15-5-7-16(8-6-15)10-14(18)19/h2-4H,5-10H2,1H3,(H,18,19). The zero-order valence-electron chi connectivity index (χ0n) is 12.0. The maximum absolute atomic E-state index is 10.9. The highest BCUT2D eigenvalue weighted by atomic mass is 16.6. The molecule has 1 aromatic carbocycles. The van der Waals surface area contributed by atoms with E-state index >= 15 is 0 Å². The first-order valence-electron chi connectivity index (χ1n) is 6.86. The van der Waals surface area contributed by atoms with Crippen LogP contribution in [0.15, 0.2) is 18.2 Å². The van der Waals surface area contributed by atoms with Crippen LogP contribution in [0.4, 0.5) is 5.69 Å². The average Bonchev–Trinajstić information content (AvgIpc) is 2.42. The van der Waals surface area contributed by atoms with Gasteiger partial charge in [0.25, 0.3) is 5.69 Å². The van der Waals surface area contributed by atoms with Gasteiger partial charge in [0.2, 0.25) is 0 Å². The van der Waals surface area contributed by atoms with Gasteiger partial charge in [-0.05, 0) is 12.5 Å². The Kier molecular flexibility index (Phi) is 4.87. The first-order valence-corrected chi connectivity index (χ1v) is 6.86. The van der Waals surface area contributed by atoms with Crippen LogP contribution in [0.3, 0.4) is 0 Å². The quantitative estimate of drug-likeness (QED) is 0.646. The Labute approximate surface area is 122 Å². The van der Waals surface area contributed by atoms with Gasteiger partial charge in [0, 0.05) is 44.4 Å². The predicted octanol–water partition coefficient (Wildman–Crippen LogP) is 1.11. The van der Waals surface area contributed by atoms with Crippen LogP contribution >= 0.6 is 0 Å². The van der Waals surface area contributed by atoms with Crippen molar-refractivity contribution >= 4 is 11.7 Å². The molecule has 0 unspecified atom stereocenters. The zero-order chi connectivity index (χ0) is 15.4. The summed E-state index contributed by atoms with van der Waals surface area (Å²) in [7, 11) is 0. The molecule has 2 rings (SSSR count). The Balaban J connectivity index is 1.96. The number of piperazine rings is 1. The molecule has 0 bridgehead atoms. The fraction of sp³-hybridized carbons (Fsp3) is 0.500. The third-order valence-corrected chi connectivity index (χ3v) is 3.83. The topological polar surface area (TPSA) is 86.9 Å². The van der Waals surface area contributed by atoms with Crippen LogP contribution < -0.4 is 0 Å². The molecule has 21 heavy (non-hydrogen) atoms. The number of benzene rings is 1. The van der Waals surface area contributed by atoms with E-state index in [1.807, 2.05) is 11.0 Å². The second kappa shape index (κ2) is 6.64. The van der Waals surface area contributed by atoms with Crippen LogP contribution in [0, 0.1) is 17.0 Å². The lowest BCUT2D eigenvalue weighted by molar-refractivity contribution is -0.385. The van der Waals surface area contributed by atoms with Crippen LogP contribution in [0.1, 0.15) is 11.1 Å². The highest BCUT2D eigenvalue weighted by Gasteiger charge is 2.20. The molecule has 1 saturated heterocycles. The minimum atomic E-state index is -0.807. The Morgan fingerprint density at radius 2 is 1.90 bits per heavy atom. The molecule has 7 heteroatoms. The Hall–Kier alpha value is -1.99. The average molecular weight is 293 g/mol. The van der Waals surface area contributed by atoms with E-state index in [1.165, 1.54) is 6.07 Å². The normalized spacial score (nSPS) is 16.8. The molecule has 1 aliphatic heterocycles. The summed E-state index contributed by atoms with van der Waals surface area (Å²) < 4.78 is 0. The van der Waals surface area contributed by atoms with Gasteiger partial charge >= 0.3 is 5.97 Å². The van der Waals surface area contributed by atoms with Gasteiger partial charge < -0.3 is 5.11 Å². The Bertz CT molecular complexity index is 539. The maximum atomic E-state index is 10.9. The summed E-state index contributed by atoms with van der Waals surface area (Å²) in [5.74, 6) is -0.807. The lowest BCUT2D eigenvalue weighted by Crippen LogP contribution is -2.47. The van der Waals surface area contributed by atoms with Crippen molar-refractivity contribution in [1.29, 1.82) is 0 Å². The van der Waals surface area contributed by atoms with Crippen molar-refractivity contribution in [3.63, 3.8) is 0 Å². The third kappa shape index (κ3) is 3.99. The van der Waals surface area contributed by atoms with E-state index in [-0.39, 0.29) is 17.2 Å². The van der Waals surface area contributed by atoms with Crippen molar-refractivity contribution in [2.75, 3.05) is 32.7 Å². The van der Waals surface area contributed by atoms with Gasteiger partial charge in [0.1, 0.15) is 0 Å². The summed E-state index contributed by atoms with van der Waals surface area (Å²) >= 11 is 0. The van der Waals surface area contributed by atoms with Crippen molar-refractivity contribution in [1.82, 2.24) is 9.80 Å². The molecule has 0 spiro atoms. The smallest absolute Gasteiger partial charge is 0.317 e. The second-order valence-electron chi connectivity index (χ2n) is 5.26. The van der Waals surface area contributed by atoms with E-state index < -0.39 is 5.97 Å². The number of hydrogen-bond acceptors (Lipinski definition) is 5. The summed E-state index contributed by atoms with van der Waals surface area (Å²) in [6.07, 6.45) is 0. The molecule has 0 aliphatic carbocycles. The lowest BCUT2D eigenvalue weighted by Gasteiger charge is -2.34. The van der Waals surface area contributed by atoms with Crippen molar-refractivity contribution in [3.8, 4) is 0 Å². The van der Waals surface area contributed by atoms with Gasteiger partial charge in [0.15, 0.2) is 0 Å². The highest BCUT2D eigenvalue weighted by Crippen LogP contribution is 2.22. The van der Waals surface area contributed by atoms with Gasteiger partial charge in [-0.1, -0.05) is 12.1 Å². The van der Waals surface area contributed by atoms with Crippen LogP contribution in [-0.4, -0.2) is 58.5 Å². The molecule has 7 nitrogen and oxygen atoms in total. The van der Waals surface area contributed by atoms with Gasteiger partial charge in [-0.3, -0.25) is 24.7 Å². The highest BCUT2D eigenvalue weighted by molar-refractivity contribution is 5.69. The molecule has 1 fully saturated rings. The number of nitro benzene ring substituents is 1. The first-order chi connectivity index (χ1) is 9.97. The molecule has 114 valence electrons. The summed E-state index contributed by atoms with van der Waals surface area (Å²) in [6, 6.07) is 5.14. The molecule has 0 aromatic heterocycles. The van der Waals surface area contributed by atoms with Crippen LogP contribution in [-0.2, 0) is 11.3 Å². The molecular formula is C14H19N3O4. The van der Waals surface area contributed by atoms with Gasteiger partial charge in [-0.15, -0.1) is 0 Å². The molecule has 1 aliphatic rings. The van der Waals surface area contributed by atoms with E-state index in [0.717, 1.165) is 18.7 Å². The molecule has 1 heterocycles. The van der Waals surface area contributed by atoms with Crippen LogP contribution in [0.25, 0.3) is 0 Å². The van der Waals surface area contributed by atoms with E-state index in [4.69, 9.17) is 5.11 Å². The molecule has 0 amide bonds. The monoisotopic (exact) mass is 293 g/mol. The fourth-order valence-electron chi connectivity index (χ4n) is 2.58. The molecule has 0 radical (unpaired) electrons. The lowest BCUT2D eigenvalue weighted by atomic mass is 10.1. The van der Waals surface area contributed by atoms with Crippen LogP contribution in [0.5, 0.6) is 0 Å². The molecular weight excluding hydrogens is 274 g/mol. The van der Waals surface area contributed by atoms with Crippen molar-refractivity contribution in [2.24, 2.45) is 0 Å². The number of aliphatic carboxylic acids is 1. The van der Waals surface area contributed by atoms with E-state index in [9.17, 15) is 14.9 Å². The number of carboxylic acid groups (broad SMARTS) is 1. The number of carboxylic acids is 1. The number of rotatable bonds is 5. The van der Waals surface area contributed by atoms with E-state index in [2.05, 4.69) is 4.90 Å². The van der Waals surface area contributed by atoms with Crippen LogP contribution in [0.2, 0.25) is 0 Å². The summed E-state index contributed by atoms with van der Waals surface area (Å²) in [6.45, 7) is 5.47. The van der Waals surface area contributed by atoms with Gasteiger partial charge in [-0.25, -0.2) is 0 Å². The molecule has 0 saturated carbocycles. The number of hydrogen-bond donors (Lipinski definition) is 1. The SMILES string of the molecule is Cc1c(CN2CCN(CC(=O)O)CC2)cccc1[N+](=O)[O-]. The first kappa shape index (κ1) is 15.4. The van der Waals surface area contributed by atoms with E-state index in [1.54, 1.807) is 13.0 Å². The fourth-order valence-corrected chi connectivity index (χ4v) is 2.58. The largest absolute Gasteiger partial charge is 0.480 e. The van der Waals surface area contributed by atoms with Crippen molar-refractivity contribution < 1.29 is 14.8 Å². The van der Waals surface area contributed by atoms with Gasteiger partial charge in [0.05, 0.1) is 11.5 Å². The van der Waals surface area contributed by atoms with Crippen molar-refractivity contribution in [2.45, 2.75) is 13.5 Å². The summed E-state index contributed by atoms with van der Waals surface area (Å²) in [4.78, 5) is 25.4. The summed E-state index contributed by atoms with van der Waals surface area (Å²) in [5.41, 5.74) is 1.81. The number of carbonyl (C=O) groups is 1. The molecule has 0 atom stereocenters. The molecule has 1 aromatic rings. The zero-order valence-corrected chi connectivity index (χ0v) is 12.0. The van der Waals surface area contributed by atoms with E-state index in [0.29, 0.717) is 25.2 Å². The molecule has 1 N–H and O–H groups in total. The minimum absolute atomic E-state index is 0.0731.